The van der Waals surface area contributed by atoms with Crippen LogP contribution in [0.15, 0.2) is 30.3 Å². The van der Waals surface area contributed by atoms with Gasteiger partial charge in [-0.2, -0.15) is 15.8 Å². The summed E-state index contributed by atoms with van der Waals surface area (Å²) in [6, 6.07) is 14.3. The smallest absolute Gasteiger partial charge is 0.195 e. The summed E-state index contributed by atoms with van der Waals surface area (Å²) >= 11 is 0. The molecular formula is C11H7N3. The normalized spacial score (nSPS) is 9.50. The molecule has 0 atom stereocenters. The van der Waals surface area contributed by atoms with Crippen LogP contribution in [0.4, 0.5) is 0 Å². The van der Waals surface area contributed by atoms with Gasteiger partial charge in [-0.15, -0.1) is 0 Å². The highest BCUT2D eigenvalue weighted by Gasteiger charge is 2.29. The molecular weight excluding hydrogens is 174 g/mol. The molecule has 0 saturated carbocycles. The van der Waals surface area contributed by atoms with Crippen LogP contribution in [0.2, 0.25) is 0 Å². The minimum absolute atomic E-state index is 0.150. The number of hydrogen-bond donors (Lipinski definition) is 0. The van der Waals surface area contributed by atoms with Crippen molar-refractivity contribution in [3.8, 4) is 18.2 Å². The van der Waals surface area contributed by atoms with Crippen LogP contribution < -0.4 is 0 Å². The fourth-order valence-corrected chi connectivity index (χ4v) is 1.10. The summed E-state index contributed by atoms with van der Waals surface area (Å²) in [5, 5.41) is 26.2. The van der Waals surface area contributed by atoms with Crippen molar-refractivity contribution in [1.29, 1.82) is 15.8 Å². The summed E-state index contributed by atoms with van der Waals surface area (Å²) in [6.45, 7) is 0. The van der Waals surface area contributed by atoms with Crippen molar-refractivity contribution >= 4 is 0 Å². The lowest BCUT2D eigenvalue weighted by molar-refractivity contribution is 0.673. The van der Waals surface area contributed by atoms with Gasteiger partial charge in [0, 0.05) is 6.42 Å². The number of nitriles is 3. The maximum absolute atomic E-state index is 8.74. The van der Waals surface area contributed by atoms with Crippen LogP contribution in [0.25, 0.3) is 0 Å². The Hall–Kier alpha value is -2.31. The van der Waals surface area contributed by atoms with Crippen molar-refractivity contribution in [2.75, 3.05) is 0 Å². The molecule has 0 aliphatic carbocycles. The van der Waals surface area contributed by atoms with Crippen LogP contribution in [-0.2, 0) is 6.42 Å². The van der Waals surface area contributed by atoms with E-state index in [0.717, 1.165) is 5.56 Å². The van der Waals surface area contributed by atoms with Crippen LogP contribution in [0, 0.1) is 39.4 Å². The quantitative estimate of drug-likeness (QED) is 0.698. The summed E-state index contributed by atoms with van der Waals surface area (Å²) in [6.07, 6.45) is 0.150. The summed E-state index contributed by atoms with van der Waals surface area (Å²) < 4.78 is 0. The molecule has 0 aromatic heterocycles. The third kappa shape index (κ3) is 1.89. The molecule has 3 heteroatoms. The second-order valence-corrected chi connectivity index (χ2v) is 2.90. The van der Waals surface area contributed by atoms with Gasteiger partial charge in [0.15, 0.2) is 0 Å². The lowest BCUT2D eigenvalue weighted by atomic mass is 9.86. The van der Waals surface area contributed by atoms with Gasteiger partial charge in [0.25, 0.3) is 0 Å². The molecule has 1 aromatic carbocycles. The van der Waals surface area contributed by atoms with Crippen LogP contribution in [-0.4, -0.2) is 0 Å². The van der Waals surface area contributed by atoms with Gasteiger partial charge >= 0.3 is 0 Å². The first-order chi connectivity index (χ1) is 6.76. The van der Waals surface area contributed by atoms with Gasteiger partial charge in [-0.25, -0.2) is 0 Å². The minimum Gasteiger partial charge on any atom is -0.195 e. The molecule has 0 fully saturated rings. The molecule has 14 heavy (non-hydrogen) atoms. The molecule has 0 bridgehead atoms. The highest BCUT2D eigenvalue weighted by atomic mass is 14.4. The van der Waals surface area contributed by atoms with Gasteiger partial charge in [-0.3, -0.25) is 0 Å². The number of benzene rings is 1. The highest BCUT2D eigenvalue weighted by molar-refractivity contribution is 5.31. The molecule has 0 amide bonds. The molecule has 0 unspecified atom stereocenters. The zero-order chi connectivity index (χ0) is 10.4. The lowest BCUT2D eigenvalue weighted by Gasteiger charge is -2.08. The predicted molar refractivity (Wildman–Crippen MR) is 49.4 cm³/mol. The number of rotatable bonds is 2. The summed E-state index contributed by atoms with van der Waals surface area (Å²) in [4.78, 5) is 0. The van der Waals surface area contributed by atoms with Crippen molar-refractivity contribution in [3.05, 3.63) is 35.9 Å². The van der Waals surface area contributed by atoms with E-state index in [4.69, 9.17) is 15.8 Å². The van der Waals surface area contributed by atoms with E-state index in [2.05, 4.69) is 0 Å². The Bertz CT molecular complexity index is 392. The zero-order valence-electron chi connectivity index (χ0n) is 7.44. The third-order valence-electron chi connectivity index (χ3n) is 1.88. The standard InChI is InChI=1S/C11H7N3/c12-7-11(8-13,9-14)6-10-4-2-1-3-5-10/h1-5H,6H2. The van der Waals surface area contributed by atoms with Crippen molar-refractivity contribution in [1.82, 2.24) is 0 Å². The van der Waals surface area contributed by atoms with Crippen LogP contribution >= 0.6 is 0 Å². The lowest BCUT2D eigenvalue weighted by Crippen LogP contribution is -2.16. The Morgan fingerprint density at radius 1 is 0.929 bits per heavy atom. The van der Waals surface area contributed by atoms with Gasteiger partial charge in [0.1, 0.15) is 18.2 Å². The molecule has 0 aliphatic rings. The van der Waals surface area contributed by atoms with Gasteiger partial charge in [0.05, 0.1) is 0 Å². The molecule has 66 valence electrons. The van der Waals surface area contributed by atoms with E-state index in [9.17, 15) is 0 Å². The Morgan fingerprint density at radius 3 is 1.86 bits per heavy atom. The minimum atomic E-state index is -1.55. The van der Waals surface area contributed by atoms with Gasteiger partial charge < -0.3 is 0 Å². The van der Waals surface area contributed by atoms with E-state index in [-0.39, 0.29) is 6.42 Å². The summed E-state index contributed by atoms with van der Waals surface area (Å²) in [5.74, 6) is 0. The van der Waals surface area contributed by atoms with E-state index in [0.29, 0.717) is 0 Å². The molecule has 0 N–H and O–H groups in total. The fourth-order valence-electron chi connectivity index (χ4n) is 1.10. The molecule has 1 aromatic rings. The number of nitrogens with zero attached hydrogens (tertiary/aromatic N) is 3. The van der Waals surface area contributed by atoms with E-state index in [1.165, 1.54) is 0 Å². The molecule has 0 spiro atoms. The van der Waals surface area contributed by atoms with Crippen molar-refractivity contribution in [2.45, 2.75) is 6.42 Å². The average molecular weight is 181 g/mol. The highest BCUT2D eigenvalue weighted by Crippen LogP contribution is 2.20. The second kappa shape index (κ2) is 4.08. The zero-order valence-corrected chi connectivity index (χ0v) is 7.44. The van der Waals surface area contributed by atoms with Gasteiger partial charge in [-0.1, -0.05) is 30.3 Å². The fraction of sp³-hybridized carbons (Fsp3) is 0.182. The van der Waals surface area contributed by atoms with Crippen LogP contribution in [0.1, 0.15) is 5.56 Å². The third-order valence-corrected chi connectivity index (χ3v) is 1.88. The molecule has 0 heterocycles. The first kappa shape index (κ1) is 9.78. The Kier molecular flexibility index (Phi) is 2.85. The molecule has 0 aliphatic heterocycles. The molecule has 0 saturated heterocycles. The second-order valence-electron chi connectivity index (χ2n) is 2.90. The van der Waals surface area contributed by atoms with E-state index < -0.39 is 5.41 Å². The Morgan fingerprint density at radius 2 is 1.43 bits per heavy atom. The summed E-state index contributed by atoms with van der Waals surface area (Å²) in [5.41, 5.74) is -0.737. The Balaban J connectivity index is 2.96. The predicted octanol–water partition coefficient (Wildman–Crippen LogP) is 1.79. The van der Waals surface area contributed by atoms with Crippen molar-refractivity contribution < 1.29 is 0 Å². The largest absolute Gasteiger partial charge is 0.232 e. The molecule has 1 rings (SSSR count). The average Bonchev–Trinajstić information content (AvgIpc) is 2.28. The van der Waals surface area contributed by atoms with Gasteiger partial charge in [0.2, 0.25) is 5.41 Å². The van der Waals surface area contributed by atoms with E-state index >= 15 is 0 Å². The van der Waals surface area contributed by atoms with Crippen LogP contribution in [0.3, 0.4) is 0 Å². The van der Waals surface area contributed by atoms with Crippen molar-refractivity contribution in [3.63, 3.8) is 0 Å². The number of hydrogen-bond acceptors (Lipinski definition) is 3. The van der Waals surface area contributed by atoms with E-state index in [1.54, 1.807) is 30.3 Å². The molecule has 3 nitrogen and oxygen atoms in total. The topological polar surface area (TPSA) is 71.4 Å². The first-order valence-corrected chi connectivity index (χ1v) is 4.04. The Labute approximate surface area is 82.4 Å². The monoisotopic (exact) mass is 181 g/mol. The van der Waals surface area contributed by atoms with Crippen LogP contribution in [0.5, 0.6) is 0 Å². The van der Waals surface area contributed by atoms with Gasteiger partial charge in [-0.05, 0) is 5.56 Å². The SMILES string of the molecule is N#CC(C#N)(C#N)Cc1ccccc1. The first-order valence-electron chi connectivity index (χ1n) is 4.04. The maximum atomic E-state index is 8.74. The summed E-state index contributed by atoms with van der Waals surface area (Å²) in [7, 11) is 0. The van der Waals surface area contributed by atoms with E-state index in [1.807, 2.05) is 18.2 Å². The molecule has 0 radical (unpaired) electrons. The van der Waals surface area contributed by atoms with Crippen molar-refractivity contribution in [2.24, 2.45) is 5.41 Å². The maximum Gasteiger partial charge on any atom is 0.232 e.